The Balaban J connectivity index is 2.67. The van der Waals surface area contributed by atoms with Gasteiger partial charge in [0.15, 0.2) is 0 Å². The lowest BCUT2D eigenvalue weighted by Crippen LogP contribution is -2.10. The van der Waals surface area contributed by atoms with Gasteiger partial charge in [0, 0.05) is 0 Å². The quantitative estimate of drug-likeness (QED) is 0.665. The zero-order valence-corrected chi connectivity index (χ0v) is 9.27. The lowest BCUT2D eigenvalue weighted by molar-refractivity contribution is 0.580. The van der Waals surface area contributed by atoms with Gasteiger partial charge in [-0.05, 0) is 23.1 Å². The first-order valence-corrected chi connectivity index (χ1v) is 5.33. The van der Waals surface area contributed by atoms with Gasteiger partial charge < -0.3 is 4.42 Å². The zero-order valence-electron chi connectivity index (χ0n) is 8.46. The molecule has 3 heteroatoms. The lowest BCUT2D eigenvalue weighted by Gasteiger charge is -2.18. The Morgan fingerprint density at radius 1 is 1.29 bits per heavy atom. The maximum atomic E-state index is 11.0. The molecule has 0 N–H and O–H groups in total. The summed E-state index contributed by atoms with van der Waals surface area (Å²) in [4.78, 5) is 10.8. The van der Waals surface area contributed by atoms with Crippen molar-refractivity contribution in [2.24, 2.45) is 0 Å². The molecule has 1 aromatic carbocycles. The molecule has 0 aliphatic heterocycles. The molecule has 2 nitrogen and oxygen atoms in total. The van der Waals surface area contributed by atoms with E-state index in [-0.39, 0.29) is 10.4 Å². The minimum Gasteiger partial charge on any atom is -0.414 e. The third kappa shape index (κ3) is 1.60. The molecule has 0 aliphatic carbocycles. The lowest BCUT2D eigenvalue weighted by atomic mass is 9.87. The summed E-state index contributed by atoms with van der Waals surface area (Å²) >= 11 is 1.16. The fourth-order valence-corrected chi connectivity index (χ4v) is 2.05. The largest absolute Gasteiger partial charge is 0.414 e. The van der Waals surface area contributed by atoms with Crippen LogP contribution in [0.2, 0.25) is 0 Å². The number of rotatable bonds is 0. The number of hydrogen-bond acceptors (Lipinski definition) is 3. The normalized spacial score (nSPS) is 12.2. The van der Waals surface area contributed by atoms with Gasteiger partial charge in [0.25, 0.3) is 0 Å². The van der Waals surface area contributed by atoms with Crippen LogP contribution in [0.4, 0.5) is 0 Å². The maximum absolute atomic E-state index is 11.0. The number of benzene rings is 1. The van der Waals surface area contributed by atoms with Crippen molar-refractivity contribution >= 4 is 21.6 Å². The van der Waals surface area contributed by atoms with E-state index in [1.54, 1.807) is 0 Å². The van der Waals surface area contributed by atoms with E-state index in [1.165, 1.54) is 5.56 Å². The van der Waals surface area contributed by atoms with Gasteiger partial charge >= 0.3 is 4.94 Å². The standard InChI is InChI=1S/C11H12O2S/c1-11(2,3)7-4-5-8-9(6-7)14-10(12)13-8/h4-6H,1-3H3. The van der Waals surface area contributed by atoms with Gasteiger partial charge in [-0.3, -0.25) is 0 Å². The summed E-state index contributed by atoms with van der Waals surface area (Å²) < 4.78 is 5.93. The van der Waals surface area contributed by atoms with Crippen molar-refractivity contribution in [2.75, 3.05) is 0 Å². The van der Waals surface area contributed by atoms with Crippen molar-refractivity contribution in [1.29, 1.82) is 0 Å². The minimum absolute atomic E-state index is 0.112. The first-order chi connectivity index (χ1) is 6.47. The molecular formula is C11H12O2S. The van der Waals surface area contributed by atoms with Crippen LogP contribution in [0.15, 0.2) is 27.4 Å². The molecule has 1 heterocycles. The Morgan fingerprint density at radius 2 is 2.00 bits per heavy atom. The molecule has 0 saturated heterocycles. The van der Waals surface area contributed by atoms with Crippen LogP contribution < -0.4 is 4.94 Å². The molecule has 0 spiro atoms. The molecular weight excluding hydrogens is 196 g/mol. The summed E-state index contributed by atoms with van der Waals surface area (Å²) in [7, 11) is 0. The predicted molar refractivity (Wildman–Crippen MR) is 59.1 cm³/mol. The fraction of sp³-hybridized carbons (Fsp3) is 0.364. The molecule has 0 aliphatic rings. The van der Waals surface area contributed by atoms with Crippen molar-refractivity contribution in [3.05, 3.63) is 33.5 Å². The van der Waals surface area contributed by atoms with Crippen LogP contribution in [0.1, 0.15) is 26.3 Å². The van der Waals surface area contributed by atoms with E-state index < -0.39 is 0 Å². The molecule has 0 radical (unpaired) electrons. The highest BCUT2D eigenvalue weighted by atomic mass is 32.1. The third-order valence-electron chi connectivity index (χ3n) is 2.20. The molecule has 0 saturated carbocycles. The maximum Gasteiger partial charge on any atom is 0.396 e. The van der Waals surface area contributed by atoms with Crippen LogP contribution in [-0.4, -0.2) is 0 Å². The first-order valence-electron chi connectivity index (χ1n) is 4.51. The van der Waals surface area contributed by atoms with Crippen LogP contribution in [0.5, 0.6) is 0 Å². The second-order valence-electron chi connectivity index (χ2n) is 4.37. The van der Waals surface area contributed by atoms with Crippen molar-refractivity contribution in [2.45, 2.75) is 26.2 Å². The molecule has 2 aromatic rings. The molecule has 1 aromatic heterocycles. The van der Waals surface area contributed by atoms with E-state index in [0.717, 1.165) is 16.0 Å². The van der Waals surface area contributed by atoms with Crippen LogP contribution in [-0.2, 0) is 5.41 Å². The van der Waals surface area contributed by atoms with E-state index in [0.29, 0.717) is 5.58 Å². The van der Waals surface area contributed by atoms with Crippen molar-refractivity contribution < 1.29 is 4.42 Å². The van der Waals surface area contributed by atoms with E-state index in [9.17, 15) is 4.79 Å². The van der Waals surface area contributed by atoms with E-state index in [2.05, 4.69) is 20.8 Å². The minimum atomic E-state index is -0.231. The predicted octanol–water partition coefficient (Wildman–Crippen LogP) is 3.15. The van der Waals surface area contributed by atoms with Crippen molar-refractivity contribution in [1.82, 2.24) is 0 Å². The van der Waals surface area contributed by atoms with Gasteiger partial charge in [0.1, 0.15) is 5.58 Å². The molecule has 74 valence electrons. The summed E-state index contributed by atoms with van der Waals surface area (Å²) in [6.07, 6.45) is 0. The topological polar surface area (TPSA) is 30.2 Å². The Labute approximate surface area is 86.2 Å². The molecule has 0 bridgehead atoms. The van der Waals surface area contributed by atoms with Crippen molar-refractivity contribution in [3.8, 4) is 0 Å². The van der Waals surface area contributed by atoms with Gasteiger partial charge in [-0.25, -0.2) is 4.79 Å². The van der Waals surface area contributed by atoms with Gasteiger partial charge in [0.2, 0.25) is 0 Å². The highest BCUT2D eigenvalue weighted by molar-refractivity contribution is 7.16. The van der Waals surface area contributed by atoms with Crippen LogP contribution in [0, 0.1) is 0 Å². The number of hydrogen-bond donors (Lipinski definition) is 0. The summed E-state index contributed by atoms with van der Waals surface area (Å²) in [5.41, 5.74) is 2.02. The van der Waals surface area contributed by atoms with Gasteiger partial charge in [-0.2, -0.15) is 0 Å². The average molecular weight is 208 g/mol. The summed E-state index contributed by atoms with van der Waals surface area (Å²) in [5, 5.41) is 0. The molecule has 14 heavy (non-hydrogen) atoms. The fourth-order valence-electron chi connectivity index (χ4n) is 1.34. The monoisotopic (exact) mass is 208 g/mol. The van der Waals surface area contributed by atoms with Gasteiger partial charge in [0.05, 0.1) is 4.70 Å². The Hall–Kier alpha value is -1.09. The van der Waals surface area contributed by atoms with Crippen molar-refractivity contribution in [3.63, 3.8) is 0 Å². The average Bonchev–Trinajstić information content (AvgIpc) is 2.41. The highest BCUT2D eigenvalue weighted by Crippen LogP contribution is 2.26. The van der Waals surface area contributed by atoms with Crippen LogP contribution in [0.3, 0.4) is 0 Å². The summed E-state index contributed by atoms with van der Waals surface area (Å²) in [6.45, 7) is 6.45. The molecule has 0 amide bonds. The second kappa shape index (κ2) is 2.95. The Kier molecular flexibility index (Phi) is 2.00. The summed E-state index contributed by atoms with van der Waals surface area (Å²) in [6, 6.07) is 5.91. The van der Waals surface area contributed by atoms with Gasteiger partial charge in [-0.1, -0.05) is 38.2 Å². The molecule has 2 rings (SSSR count). The smallest absolute Gasteiger partial charge is 0.396 e. The van der Waals surface area contributed by atoms with Crippen LogP contribution in [0.25, 0.3) is 10.3 Å². The number of fused-ring (bicyclic) bond motifs is 1. The highest BCUT2D eigenvalue weighted by Gasteiger charge is 2.14. The Morgan fingerprint density at radius 3 is 2.64 bits per heavy atom. The second-order valence-corrected chi connectivity index (χ2v) is 5.34. The van der Waals surface area contributed by atoms with E-state index in [1.807, 2.05) is 18.2 Å². The molecule has 0 unspecified atom stereocenters. The Bertz CT molecular complexity index is 514. The SMILES string of the molecule is CC(C)(C)c1ccc2oc(=O)sc2c1. The zero-order chi connectivity index (χ0) is 10.3. The van der Waals surface area contributed by atoms with E-state index in [4.69, 9.17) is 4.42 Å². The van der Waals surface area contributed by atoms with E-state index >= 15 is 0 Å². The molecule has 0 atom stereocenters. The first kappa shape index (κ1) is 9.46. The van der Waals surface area contributed by atoms with Crippen LogP contribution >= 0.6 is 11.3 Å². The summed E-state index contributed by atoms with van der Waals surface area (Å²) in [5.74, 6) is 0. The third-order valence-corrected chi connectivity index (χ3v) is 2.99. The van der Waals surface area contributed by atoms with Gasteiger partial charge in [-0.15, -0.1) is 0 Å². The molecule has 0 fully saturated rings.